The van der Waals surface area contributed by atoms with Crippen molar-refractivity contribution in [3.63, 3.8) is 0 Å². The van der Waals surface area contributed by atoms with E-state index in [0.29, 0.717) is 5.41 Å². The molecule has 0 bridgehead atoms. The van der Waals surface area contributed by atoms with E-state index in [1.807, 2.05) is 0 Å². The second-order valence-electron chi connectivity index (χ2n) is 6.69. The molecule has 18 heavy (non-hydrogen) atoms. The second-order valence-corrected chi connectivity index (χ2v) is 6.69. The SMILES string of the molecule is CCCCCCCCCC(C)(CC)CNC1CC1. The van der Waals surface area contributed by atoms with E-state index in [4.69, 9.17) is 0 Å². The monoisotopic (exact) mass is 253 g/mol. The van der Waals surface area contributed by atoms with E-state index in [1.54, 1.807) is 0 Å². The van der Waals surface area contributed by atoms with Gasteiger partial charge in [-0.05, 0) is 31.1 Å². The summed E-state index contributed by atoms with van der Waals surface area (Å²) < 4.78 is 0. The van der Waals surface area contributed by atoms with Crippen LogP contribution >= 0.6 is 0 Å². The highest BCUT2D eigenvalue weighted by molar-refractivity contribution is 4.85. The molecule has 0 aromatic carbocycles. The maximum atomic E-state index is 3.72. The van der Waals surface area contributed by atoms with Crippen LogP contribution in [-0.2, 0) is 0 Å². The molecule has 1 atom stereocenters. The fourth-order valence-corrected chi connectivity index (χ4v) is 2.58. The molecule has 0 radical (unpaired) electrons. The number of hydrogen-bond donors (Lipinski definition) is 1. The first-order chi connectivity index (χ1) is 8.70. The fourth-order valence-electron chi connectivity index (χ4n) is 2.58. The van der Waals surface area contributed by atoms with E-state index in [0.717, 1.165) is 6.04 Å². The highest BCUT2D eigenvalue weighted by atomic mass is 15.0. The number of rotatable bonds is 12. The number of hydrogen-bond acceptors (Lipinski definition) is 1. The van der Waals surface area contributed by atoms with Gasteiger partial charge in [-0.25, -0.2) is 0 Å². The Balaban J connectivity index is 1.99. The summed E-state index contributed by atoms with van der Waals surface area (Å²) in [5.41, 5.74) is 0.548. The maximum absolute atomic E-state index is 3.72. The van der Waals surface area contributed by atoms with Gasteiger partial charge in [-0.15, -0.1) is 0 Å². The maximum Gasteiger partial charge on any atom is 0.00684 e. The van der Waals surface area contributed by atoms with Crippen molar-refractivity contribution < 1.29 is 0 Å². The summed E-state index contributed by atoms with van der Waals surface area (Å²) in [6.07, 6.45) is 15.6. The van der Waals surface area contributed by atoms with Crippen molar-refractivity contribution >= 4 is 0 Å². The van der Waals surface area contributed by atoms with Crippen LogP contribution in [0.2, 0.25) is 0 Å². The molecule has 1 fully saturated rings. The highest BCUT2D eigenvalue weighted by Crippen LogP contribution is 2.29. The van der Waals surface area contributed by atoms with Crippen LogP contribution in [-0.4, -0.2) is 12.6 Å². The molecule has 1 saturated carbocycles. The predicted molar refractivity (Wildman–Crippen MR) is 82.0 cm³/mol. The molecular formula is C17H35N. The van der Waals surface area contributed by atoms with Gasteiger partial charge in [-0.3, -0.25) is 0 Å². The third-order valence-corrected chi connectivity index (χ3v) is 4.63. The van der Waals surface area contributed by atoms with Gasteiger partial charge in [0.15, 0.2) is 0 Å². The van der Waals surface area contributed by atoms with Crippen molar-refractivity contribution in [1.29, 1.82) is 0 Å². The molecule has 1 aliphatic rings. The molecule has 0 aliphatic heterocycles. The quantitative estimate of drug-likeness (QED) is 0.466. The van der Waals surface area contributed by atoms with Gasteiger partial charge >= 0.3 is 0 Å². The Morgan fingerprint density at radius 1 is 0.944 bits per heavy atom. The van der Waals surface area contributed by atoms with E-state index < -0.39 is 0 Å². The largest absolute Gasteiger partial charge is 0.313 e. The topological polar surface area (TPSA) is 12.0 Å². The minimum atomic E-state index is 0.548. The molecule has 0 aromatic rings. The van der Waals surface area contributed by atoms with E-state index in [2.05, 4.69) is 26.1 Å². The lowest BCUT2D eigenvalue weighted by Crippen LogP contribution is -2.32. The van der Waals surface area contributed by atoms with Gasteiger partial charge in [-0.1, -0.05) is 65.7 Å². The summed E-state index contributed by atoms with van der Waals surface area (Å²) in [5.74, 6) is 0. The van der Waals surface area contributed by atoms with Crippen LogP contribution in [0.25, 0.3) is 0 Å². The van der Waals surface area contributed by atoms with Crippen molar-refractivity contribution in [2.24, 2.45) is 5.41 Å². The Labute approximate surface area is 115 Å². The van der Waals surface area contributed by atoms with Crippen molar-refractivity contribution in [3.05, 3.63) is 0 Å². The fraction of sp³-hybridized carbons (Fsp3) is 1.00. The first-order valence-corrected chi connectivity index (χ1v) is 8.43. The van der Waals surface area contributed by atoms with Crippen LogP contribution in [0.15, 0.2) is 0 Å². The summed E-state index contributed by atoms with van der Waals surface area (Å²) in [6, 6.07) is 0.866. The third-order valence-electron chi connectivity index (χ3n) is 4.63. The van der Waals surface area contributed by atoms with Gasteiger partial charge < -0.3 is 5.32 Å². The lowest BCUT2D eigenvalue weighted by molar-refractivity contribution is 0.258. The van der Waals surface area contributed by atoms with Crippen molar-refractivity contribution in [1.82, 2.24) is 5.32 Å². The average Bonchev–Trinajstić information content (AvgIpc) is 3.19. The standard InChI is InChI=1S/C17H35N/c1-4-6-7-8-9-10-11-14-17(3,5-2)15-18-16-12-13-16/h16,18H,4-15H2,1-3H3. The molecule has 0 heterocycles. The van der Waals surface area contributed by atoms with Crippen LogP contribution in [0.4, 0.5) is 0 Å². The molecule has 1 nitrogen and oxygen atoms in total. The molecule has 0 aromatic heterocycles. The Morgan fingerprint density at radius 2 is 1.56 bits per heavy atom. The summed E-state index contributed by atoms with van der Waals surface area (Å²) in [7, 11) is 0. The lowest BCUT2D eigenvalue weighted by Gasteiger charge is -2.29. The zero-order valence-corrected chi connectivity index (χ0v) is 13.1. The predicted octanol–water partition coefficient (Wildman–Crippen LogP) is 5.30. The zero-order valence-electron chi connectivity index (χ0n) is 13.1. The van der Waals surface area contributed by atoms with Gasteiger partial charge in [0.05, 0.1) is 0 Å². The van der Waals surface area contributed by atoms with Gasteiger partial charge in [-0.2, -0.15) is 0 Å². The summed E-state index contributed by atoms with van der Waals surface area (Å²) in [4.78, 5) is 0. The van der Waals surface area contributed by atoms with Crippen molar-refractivity contribution in [2.45, 2.75) is 97.4 Å². The van der Waals surface area contributed by atoms with E-state index in [1.165, 1.54) is 77.2 Å². The lowest BCUT2D eigenvalue weighted by atomic mass is 9.82. The average molecular weight is 253 g/mol. The number of unbranched alkanes of at least 4 members (excludes halogenated alkanes) is 6. The van der Waals surface area contributed by atoms with Gasteiger partial charge in [0, 0.05) is 12.6 Å². The van der Waals surface area contributed by atoms with Crippen LogP contribution in [0, 0.1) is 5.41 Å². The van der Waals surface area contributed by atoms with Crippen molar-refractivity contribution in [3.8, 4) is 0 Å². The number of nitrogens with one attached hydrogen (secondary N) is 1. The molecule has 0 saturated heterocycles. The molecule has 1 unspecified atom stereocenters. The molecule has 1 N–H and O–H groups in total. The van der Waals surface area contributed by atoms with E-state index in [-0.39, 0.29) is 0 Å². The Kier molecular flexibility index (Phi) is 7.97. The third kappa shape index (κ3) is 7.41. The molecule has 1 aliphatic carbocycles. The molecule has 0 spiro atoms. The first-order valence-electron chi connectivity index (χ1n) is 8.43. The Bertz CT molecular complexity index is 198. The first kappa shape index (κ1) is 16.0. The van der Waals surface area contributed by atoms with Crippen LogP contribution in [0.1, 0.15) is 91.4 Å². The van der Waals surface area contributed by atoms with Gasteiger partial charge in [0.25, 0.3) is 0 Å². The van der Waals surface area contributed by atoms with E-state index >= 15 is 0 Å². The smallest absolute Gasteiger partial charge is 0.00684 e. The summed E-state index contributed by atoms with van der Waals surface area (Å²) in [5, 5.41) is 3.72. The molecule has 108 valence electrons. The molecule has 1 rings (SSSR count). The van der Waals surface area contributed by atoms with E-state index in [9.17, 15) is 0 Å². The normalized spacial score (nSPS) is 18.8. The second kappa shape index (κ2) is 8.96. The van der Waals surface area contributed by atoms with Crippen molar-refractivity contribution in [2.75, 3.05) is 6.54 Å². The van der Waals surface area contributed by atoms with Crippen LogP contribution in [0.5, 0.6) is 0 Å². The minimum absolute atomic E-state index is 0.548. The van der Waals surface area contributed by atoms with Gasteiger partial charge in [0.1, 0.15) is 0 Å². The molecular weight excluding hydrogens is 218 g/mol. The highest BCUT2D eigenvalue weighted by Gasteiger charge is 2.26. The summed E-state index contributed by atoms with van der Waals surface area (Å²) in [6.45, 7) is 8.36. The van der Waals surface area contributed by atoms with Gasteiger partial charge in [0.2, 0.25) is 0 Å². The Hall–Kier alpha value is -0.0400. The van der Waals surface area contributed by atoms with Crippen LogP contribution < -0.4 is 5.32 Å². The zero-order chi connectivity index (χ0) is 13.3. The summed E-state index contributed by atoms with van der Waals surface area (Å²) >= 11 is 0. The van der Waals surface area contributed by atoms with Crippen LogP contribution in [0.3, 0.4) is 0 Å². The molecule has 0 amide bonds. The molecule has 1 heteroatoms. The minimum Gasteiger partial charge on any atom is -0.313 e. The Morgan fingerprint density at radius 3 is 2.11 bits per heavy atom.